The number of H-pyrrole nitrogens is 2. The van der Waals surface area contributed by atoms with Crippen LogP contribution in [0.3, 0.4) is 0 Å². The summed E-state index contributed by atoms with van der Waals surface area (Å²) in [4.78, 5) is 46.2. The second-order valence-corrected chi connectivity index (χ2v) is 42.9. The minimum absolute atomic E-state index is 0.300. The van der Waals surface area contributed by atoms with Gasteiger partial charge in [-0.1, -0.05) is 191 Å². The Hall–Kier alpha value is -6.01. The molecule has 4 saturated heterocycles. The molecule has 794 valence electrons. The number of aromatic nitrogens is 14. The molecule has 0 atom stereocenters. The quantitative estimate of drug-likeness (QED) is 0.0302. The van der Waals surface area contributed by atoms with E-state index in [9.17, 15) is 0 Å². The van der Waals surface area contributed by atoms with Gasteiger partial charge in [0, 0.05) is 271 Å². The van der Waals surface area contributed by atoms with Crippen molar-refractivity contribution in [2.45, 2.75) is 320 Å². The number of hydrogen-bond acceptors (Lipinski definition) is 19. The molecule has 3 N–H and O–H groups in total. The van der Waals surface area contributed by atoms with Crippen molar-refractivity contribution in [3.8, 4) is 0 Å². The monoisotopic (exact) mass is 1920 g/mol. The van der Waals surface area contributed by atoms with Gasteiger partial charge in [-0.05, 0) is 200 Å². The number of nitrogens with one attached hydrogen (secondary N) is 2. The minimum atomic E-state index is 0.300. The molecule has 0 saturated carbocycles. The first kappa shape index (κ1) is 129. The number of unbranched alkanes of at least 4 members (excludes halogenated alkanes) is 3. The lowest BCUT2D eigenvalue weighted by atomic mass is 10.1. The molecule has 11 rings (SSSR count). The Balaban J connectivity index is 0.000000758. The highest BCUT2D eigenvalue weighted by molar-refractivity contribution is 4.95. The Bertz CT molecular complexity index is 3280. The number of methoxy groups -OCH3 is 3. The van der Waals surface area contributed by atoms with Gasteiger partial charge in [-0.3, -0.25) is 29.0 Å². The highest BCUT2D eigenvalue weighted by atomic mass is 16.5. The second-order valence-electron chi connectivity index (χ2n) is 42.9. The summed E-state index contributed by atoms with van der Waals surface area (Å²) in [5.41, 5.74) is 2.47. The number of aliphatic hydroxyl groups excluding tert-OH is 1. The van der Waals surface area contributed by atoms with Gasteiger partial charge < -0.3 is 62.6 Å². The van der Waals surface area contributed by atoms with Gasteiger partial charge in [-0.2, -0.15) is 10.2 Å². The first-order valence-electron chi connectivity index (χ1n) is 54.5. The molecule has 4 aliphatic heterocycles. The second kappa shape index (κ2) is 87.8. The standard InChI is InChI=1S/C14H30N2O.2C13H28N2O.C12H26N2O.C10H18N2.2C9H16N2.3C8H14N2.C7H12N2/c1-14(2)6-4-5-7-15-8-10-16(11-9-15)12-13-17-3;1-13(2)5-4-6-14-7-9-15(10-8-14)11-12-16-3;1-13(2)5-3-4-6-14-7-9-15(10-8-14)11-12-16;1-12(2)4-5-13-6-8-14(9-7-13)10-11-15-3;1-10(2)5-3-4-7-12-8-6-11-9-12;1-9(2)5-3-7-11-8-4-6-10-11;1-9(2)4-3-6-11-7-5-10-8-11;1-8(2)3-5-10-6-4-9-7-10;1-8(2)4-7-10-6-3-5-9-10;1-7(2)3-4-8-5-9-6-10-8;1-6(2)3-7-4-8-5-9-7/h14H,4-13H2,1-3H3;13H,4-12H2,1-3H3;13,16H,3-12H2,1-2H3;12H,4-11H2,1-3H3;6,8-10H,3-5,7H2,1-2H3;4,6,8-9H,3,5,7H2,1-2H3;5,7-9H,3-4,6H2,1-2H3;4,6-8H,3,5H2,1-2H3;3,5-6,8H,4,7H2,1-2H3;5-7H,3-4H2,1-2H3,(H,9,10);4-6H,3H2,1-2H3,(H,8,9). The maximum absolute atomic E-state index is 8.85. The molecule has 4 aliphatic rings. The number of imidazole rings is 5. The van der Waals surface area contributed by atoms with E-state index in [2.05, 4.69) is 250 Å². The fourth-order valence-electron chi connectivity index (χ4n) is 15.5. The van der Waals surface area contributed by atoms with Crippen LogP contribution in [0.2, 0.25) is 0 Å². The van der Waals surface area contributed by atoms with Crippen molar-refractivity contribution in [2.24, 2.45) is 65.1 Å². The maximum Gasteiger partial charge on any atom is 0.0945 e. The summed E-state index contributed by atoms with van der Waals surface area (Å²) in [6.45, 7) is 86.7. The van der Waals surface area contributed by atoms with E-state index in [1.54, 1.807) is 34.0 Å². The van der Waals surface area contributed by atoms with Gasteiger partial charge in [0.15, 0.2) is 0 Å². The van der Waals surface area contributed by atoms with Gasteiger partial charge in [0.2, 0.25) is 0 Å². The van der Waals surface area contributed by atoms with E-state index >= 15 is 0 Å². The van der Waals surface area contributed by atoms with E-state index in [-0.39, 0.29) is 0 Å². The highest BCUT2D eigenvalue weighted by Crippen LogP contribution is 2.16. The van der Waals surface area contributed by atoms with Crippen molar-refractivity contribution in [3.05, 3.63) is 130 Å². The Morgan fingerprint density at radius 2 is 0.555 bits per heavy atom. The number of β-amino-alcohol motifs (C(OH)–C–C–N with tert-alkyl or cyclic N) is 1. The normalized spacial score (nSPS) is 14.8. The number of rotatable bonds is 52. The molecule has 7 aromatic heterocycles. The van der Waals surface area contributed by atoms with E-state index < -0.39 is 0 Å². The molecule has 0 bridgehead atoms. The molecule has 26 heteroatoms. The van der Waals surface area contributed by atoms with Crippen LogP contribution in [0.25, 0.3) is 0 Å². The van der Waals surface area contributed by atoms with Gasteiger partial charge >= 0.3 is 0 Å². The fraction of sp³-hybridized carbons (Fsp3) is 0.811. The van der Waals surface area contributed by atoms with Crippen molar-refractivity contribution in [1.29, 1.82) is 0 Å². The number of aryl methyl sites for hydroxylation is 6. The largest absolute Gasteiger partial charge is 0.395 e. The summed E-state index contributed by atoms with van der Waals surface area (Å²) < 4.78 is 25.7. The van der Waals surface area contributed by atoms with Gasteiger partial charge in [0.05, 0.1) is 58.1 Å². The van der Waals surface area contributed by atoms with E-state index in [1.807, 2.05) is 115 Å². The van der Waals surface area contributed by atoms with Crippen LogP contribution in [-0.4, -0.2) is 317 Å². The third kappa shape index (κ3) is 82.2. The number of piperazine rings is 4. The zero-order chi connectivity index (χ0) is 101. The van der Waals surface area contributed by atoms with Crippen LogP contribution in [0, 0.1) is 65.1 Å². The predicted octanol–water partition coefficient (Wildman–Crippen LogP) is 21.3. The summed E-state index contributed by atoms with van der Waals surface area (Å²) in [5.74, 6) is 8.90. The van der Waals surface area contributed by atoms with E-state index in [1.165, 1.54) is 251 Å². The highest BCUT2D eigenvalue weighted by Gasteiger charge is 2.20. The van der Waals surface area contributed by atoms with Crippen molar-refractivity contribution in [3.63, 3.8) is 0 Å². The first-order chi connectivity index (χ1) is 65.9. The van der Waals surface area contributed by atoms with Gasteiger partial charge in [-0.25, -0.2) is 24.9 Å². The summed E-state index contributed by atoms with van der Waals surface area (Å²) >= 11 is 0. The Labute approximate surface area is 841 Å². The molecule has 4 fully saturated rings. The summed E-state index contributed by atoms with van der Waals surface area (Å²) in [5, 5.41) is 17.1. The SMILES string of the molecule is CC(C)CCCCN1CCN(CCO)CC1.CC(C)CCCCn1ccnc1.CC(C)CCCn1cccn1.CC(C)CCCn1ccnc1.CC(C)CCc1cnc[nH]1.CC(C)CCn1cccn1.CC(C)CCn1ccnc1.CC(C)Cc1cnc[nH]1.COCCN1CCN(CCC(C)C)CC1.COCCN1CCN(CCCC(C)C)CC1.COCCN1CCN(CCCCC(C)C)CC1. The number of ether oxygens (including phenoxy) is 3. The smallest absolute Gasteiger partial charge is 0.0945 e. The topological polar surface area (TPSA) is 220 Å². The van der Waals surface area contributed by atoms with Gasteiger partial charge in [0.25, 0.3) is 0 Å². The fourth-order valence-corrected chi connectivity index (χ4v) is 15.5. The average Bonchev–Trinajstić information content (AvgIpc) is 1.90. The molecule has 11 heterocycles. The Morgan fingerprint density at radius 1 is 0.270 bits per heavy atom. The minimum Gasteiger partial charge on any atom is -0.395 e. The molecule has 0 spiro atoms. The van der Waals surface area contributed by atoms with E-state index in [0.717, 1.165) is 164 Å². The Morgan fingerprint density at radius 3 is 0.869 bits per heavy atom. The van der Waals surface area contributed by atoms with Crippen molar-refractivity contribution in [1.82, 2.24) is 107 Å². The molecule has 0 radical (unpaired) electrons. The van der Waals surface area contributed by atoms with Crippen LogP contribution >= 0.6 is 0 Å². The number of hydrogen-bond donors (Lipinski definition) is 3. The van der Waals surface area contributed by atoms with Crippen molar-refractivity contribution >= 4 is 0 Å². The summed E-state index contributed by atoms with van der Waals surface area (Å²) in [6, 6.07) is 3.93. The van der Waals surface area contributed by atoms with Crippen molar-refractivity contribution < 1.29 is 19.3 Å². The van der Waals surface area contributed by atoms with Gasteiger partial charge in [0.1, 0.15) is 0 Å². The lowest BCUT2D eigenvalue weighted by Crippen LogP contribution is -2.47. The molecule has 0 aliphatic carbocycles. The lowest BCUT2D eigenvalue weighted by molar-refractivity contribution is 0.0948. The van der Waals surface area contributed by atoms with E-state index in [4.69, 9.17) is 19.3 Å². The van der Waals surface area contributed by atoms with Crippen LogP contribution < -0.4 is 0 Å². The zero-order valence-corrected chi connectivity index (χ0v) is 93.1. The van der Waals surface area contributed by atoms with Gasteiger partial charge in [-0.15, -0.1) is 0 Å². The molecule has 26 nitrogen and oxygen atoms in total. The van der Waals surface area contributed by atoms with Crippen LogP contribution in [-0.2, 0) is 59.8 Å². The van der Waals surface area contributed by atoms with Crippen LogP contribution in [0.15, 0.2) is 118 Å². The molecular formula is C111H216N22O4. The number of aromatic amines is 2. The van der Waals surface area contributed by atoms with E-state index in [0.29, 0.717) is 12.5 Å². The van der Waals surface area contributed by atoms with Crippen LogP contribution in [0.1, 0.15) is 286 Å². The first-order valence-corrected chi connectivity index (χ1v) is 54.5. The molecule has 7 aromatic rings. The van der Waals surface area contributed by atoms with Crippen LogP contribution in [0.4, 0.5) is 0 Å². The Kier molecular flexibility index (Phi) is 82.6. The molecule has 0 amide bonds. The predicted molar refractivity (Wildman–Crippen MR) is 581 cm³/mol. The van der Waals surface area contributed by atoms with Crippen molar-refractivity contribution in [2.75, 3.05) is 205 Å². The molecule has 0 aromatic carbocycles. The third-order valence-electron chi connectivity index (χ3n) is 24.6. The zero-order valence-electron chi connectivity index (χ0n) is 93.1. The molecule has 0 unspecified atom stereocenters. The number of nitrogens with zero attached hydrogens (tertiary/aromatic N) is 20. The number of aliphatic hydroxyl groups is 1. The maximum atomic E-state index is 8.85. The summed E-state index contributed by atoms with van der Waals surface area (Å²) in [7, 11) is 5.34. The molecule has 137 heavy (non-hydrogen) atoms. The molecular weight excluding hydrogens is 1710 g/mol. The van der Waals surface area contributed by atoms with Crippen LogP contribution in [0.5, 0.6) is 0 Å². The third-order valence-corrected chi connectivity index (χ3v) is 24.6. The summed E-state index contributed by atoms with van der Waals surface area (Å²) in [6.07, 6.45) is 59.2. The average molecular weight is 1920 g/mol. The lowest BCUT2D eigenvalue weighted by Gasteiger charge is -2.34.